The second kappa shape index (κ2) is 5.48. The van der Waals surface area contributed by atoms with Gasteiger partial charge >= 0.3 is 0 Å². The third-order valence-corrected chi connectivity index (χ3v) is 4.18. The van der Waals surface area contributed by atoms with Gasteiger partial charge in [0, 0.05) is 24.7 Å². The van der Waals surface area contributed by atoms with E-state index in [1.54, 1.807) is 0 Å². The fourth-order valence-electron chi connectivity index (χ4n) is 2.68. The average molecular weight is 261 g/mol. The first-order chi connectivity index (χ1) is 8.88. The Labute approximate surface area is 117 Å². The quantitative estimate of drug-likeness (QED) is 0.813. The Balaban J connectivity index is 2.08. The summed E-state index contributed by atoms with van der Waals surface area (Å²) >= 11 is 0. The SMILES string of the molecule is CC(C)C1CCN(c2nccc(C(C)(C)C)n2)CC1. The summed E-state index contributed by atoms with van der Waals surface area (Å²) in [5, 5.41) is 0. The van der Waals surface area contributed by atoms with Crippen molar-refractivity contribution in [2.24, 2.45) is 11.8 Å². The van der Waals surface area contributed by atoms with Gasteiger partial charge in [0.05, 0.1) is 5.69 Å². The first-order valence-electron chi connectivity index (χ1n) is 7.46. The molecule has 1 aromatic rings. The molecule has 0 aromatic carbocycles. The molecule has 0 spiro atoms. The number of nitrogens with zero attached hydrogens (tertiary/aromatic N) is 3. The van der Waals surface area contributed by atoms with Gasteiger partial charge in [-0.15, -0.1) is 0 Å². The van der Waals surface area contributed by atoms with Crippen LogP contribution in [0.5, 0.6) is 0 Å². The van der Waals surface area contributed by atoms with Gasteiger partial charge in [0.25, 0.3) is 0 Å². The minimum atomic E-state index is 0.0912. The summed E-state index contributed by atoms with van der Waals surface area (Å²) < 4.78 is 0. The van der Waals surface area contributed by atoms with Crippen LogP contribution in [0.4, 0.5) is 5.95 Å². The highest BCUT2D eigenvalue weighted by Crippen LogP contribution is 2.27. The van der Waals surface area contributed by atoms with Crippen molar-refractivity contribution >= 4 is 5.95 Å². The fraction of sp³-hybridized carbons (Fsp3) is 0.750. The lowest BCUT2D eigenvalue weighted by Gasteiger charge is -2.34. The van der Waals surface area contributed by atoms with Crippen molar-refractivity contribution in [2.75, 3.05) is 18.0 Å². The van der Waals surface area contributed by atoms with Crippen molar-refractivity contribution in [3.05, 3.63) is 18.0 Å². The van der Waals surface area contributed by atoms with Crippen LogP contribution in [0.1, 0.15) is 53.2 Å². The Bertz CT molecular complexity index is 412. The van der Waals surface area contributed by atoms with Crippen molar-refractivity contribution in [3.63, 3.8) is 0 Å². The number of aromatic nitrogens is 2. The van der Waals surface area contributed by atoms with E-state index in [0.717, 1.165) is 36.6 Å². The van der Waals surface area contributed by atoms with E-state index in [-0.39, 0.29) is 5.41 Å². The maximum atomic E-state index is 4.75. The molecule has 0 atom stereocenters. The highest BCUT2D eigenvalue weighted by molar-refractivity contribution is 5.32. The van der Waals surface area contributed by atoms with Crippen molar-refractivity contribution < 1.29 is 0 Å². The monoisotopic (exact) mass is 261 g/mol. The first-order valence-corrected chi connectivity index (χ1v) is 7.46. The third kappa shape index (κ3) is 3.46. The lowest BCUT2D eigenvalue weighted by Crippen LogP contribution is -2.36. The number of rotatable bonds is 2. The van der Waals surface area contributed by atoms with Gasteiger partial charge in [-0.3, -0.25) is 0 Å². The number of hydrogen-bond acceptors (Lipinski definition) is 3. The molecule has 1 fully saturated rings. The number of anilines is 1. The van der Waals surface area contributed by atoms with Crippen LogP contribution in [0.2, 0.25) is 0 Å². The second-order valence-electron chi connectivity index (χ2n) is 7.06. The van der Waals surface area contributed by atoms with Gasteiger partial charge in [-0.25, -0.2) is 9.97 Å². The summed E-state index contributed by atoms with van der Waals surface area (Å²) in [6, 6.07) is 2.03. The molecule has 1 saturated heterocycles. The van der Waals surface area contributed by atoms with E-state index in [2.05, 4.69) is 44.5 Å². The molecule has 1 aromatic heterocycles. The largest absolute Gasteiger partial charge is 0.341 e. The molecule has 19 heavy (non-hydrogen) atoms. The molecular weight excluding hydrogens is 234 g/mol. The van der Waals surface area contributed by atoms with Crippen LogP contribution >= 0.6 is 0 Å². The number of hydrogen-bond donors (Lipinski definition) is 0. The van der Waals surface area contributed by atoms with E-state index in [1.165, 1.54) is 12.8 Å². The average Bonchev–Trinajstić information content (AvgIpc) is 2.38. The van der Waals surface area contributed by atoms with E-state index in [0.29, 0.717) is 0 Å². The molecule has 3 heteroatoms. The van der Waals surface area contributed by atoms with E-state index >= 15 is 0 Å². The summed E-state index contributed by atoms with van der Waals surface area (Å²) in [5.74, 6) is 2.57. The Morgan fingerprint density at radius 3 is 2.37 bits per heavy atom. The highest BCUT2D eigenvalue weighted by atomic mass is 15.3. The molecule has 1 aliphatic heterocycles. The van der Waals surface area contributed by atoms with Gasteiger partial charge < -0.3 is 4.90 Å². The van der Waals surface area contributed by atoms with Crippen molar-refractivity contribution in [1.82, 2.24) is 9.97 Å². The summed E-state index contributed by atoms with van der Waals surface area (Å²) in [4.78, 5) is 11.6. The van der Waals surface area contributed by atoms with Gasteiger partial charge in [-0.2, -0.15) is 0 Å². The van der Waals surface area contributed by atoms with E-state index < -0.39 is 0 Å². The van der Waals surface area contributed by atoms with Gasteiger partial charge in [-0.05, 0) is 30.7 Å². The molecule has 0 unspecified atom stereocenters. The highest BCUT2D eigenvalue weighted by Gasteiger charge is 2.24. The molecule has 0 amide bonds. The van der Waals surface area contributed by atoms with Gasteiger partial charge in [-0.1, -0.05) is 34.6 Å². The van der Waals surface area contributed by atoms with Crippen LogP contribution in [0.3, 0.4) is 0 Å². The molecule has 106 valence electrons. The molecule has 3 nitrogen and oxygen atoms in total. The molecule has 0 radical (unpaired) electrons. The minimum Gasteiger partial charge on any atom is -0.341 e. The Morgan fingerprint density at radius 1 is 1.21 bits per heavy atom. The summed E-state index contributed by atoms with van der Waals surface area (Å²) in [5.41, 5.74) is 1.22. The van der Waals surface area contributed by atoms with Gasteiger partial charge in [0.2, 0.25) is 5.95 Å². The van der Waals surface area contributed by atoms with Crippen LogP contribution in [-0.2, 0) is 5.41 Å². The van der Waals surface area contributed by atoms with E-state index in [1.807, 2.05) is 12.3 Å². The fourth-order valence-corrected chi connectivity index (χ4v) is 2.68. The van der Waals surface area contributed by atoms with Crippen molar-refractivity contribution in [3.8, 4) is 0 Å². The summed E-state index contributed by atoms with van der Waals surface area (Å²) in [6.07, 6.45) is 4.43. The second-order valence-corrected chi connectivity index (χ2v) is 7.06. The Hall–Kier alpha value is -1.12. The molecule has 1 aliphatic rings. The molecule has 0 bridgehead atoms. The predicted molar refractivity (Wildman–Crippen MR) is 80.5 cm³/mol. The lowest BCUT2D eigenvalue weighted by atomic mass is 9.87. The summed E-state index contributed by atoms with van der Waals surface area (Å²) in [6.45, 7) is 13.4. The van der Waals surface area contributed by atoms with Crippen LogP contribution in [-0.4, -0.2) is 23.1 Å². The third-order valence-electron chi connectivity index (χ3n) is 4.18. The van der Waals surface area contributed by atoms with Crippen LogP contribution in [0, 0.1) is 11.8 Å². The molecule has 0 N–H and O–H groups in total. The van der Waals surface area contributed by atoms with Gasteiger partial charge in [0.15, 0.2) is 0 Å². The molecule has 0 saturated carbocycles. The van der Waals surface area contributed by atoms with Crippen molar-refractivity contribution in [1.29, 1.82) is 0 Å². The van der Waals surface area contributed by atoms with Crippen molar-refractivity contribution in [2.45, 2.75) is 52.9 Å². The zero-order valence-corrected chi connectivity index (χ0v) is 13.0. The molecule has 2 heterocycles. The van der Waals surface area contributed by atoms with Crippen LogP contribution in [0.25, 0.3) is 0 Å². The normalized spacial score (nSPS) is 18.1. The van der Waals surface area contributed by atoms with E-state index in [9.17, 15) is 0 Å². The summed E-state index contributed by atoms with van der Waals surface area (Å²) in [7, 11) is 0. The molecule has 2 rings (SSSR count). The van der Waals surface area contributed by atoms with E-state index in [4.69, 9.17) is 4.98 Å². The van der Waals surface area contributed by atoms with Crippen LogP contribution < -0.4 is 4.90 Å². The Morgan fingerprint density at radius 2 is 1.84 bits per heavy atom. The Kier molecular flexibility index (Phi) is 4.12. The standard InChI is InChI=1S/C16H27N3/c1-12(2)13-7-10-19(11-8-13)15-17-9-6-14(18-15)16(3,4)5/h6,9,12-13H,7-8,10-11H2,1-5H3. The lowest BCUT2D eigenvalue weighted by molar-refractivity contribution is 0.309. The van der Waals surface area contributed by atoms with Gasteiger partial charge in [0.1, 0.15) is 0 Å². The van der Waals surface area contributed by atoms with Crippen LogP contribution in [0.15, 0.2) is 12.3 Å². The predicted octanol–water partition coefficient (Wildman–Crippen LogP) is 3.65. The maximum absolute atomic E-state index is 4.75. The smallest absolute Gasteiger partial charge is 0.225 e. The number of piperidine rings is 1. The molecule has 0 aliphatic carbocycles. The molecular formula is C16H27N3. The zero-order chi connectivity index (χ0) is 14.0. The topological polar surface area (TPSA) is 29.0 Å². The zero-order valence-electron chi connectivity index (χ0n) is 13.0. The first kappa shape index (κ1) is 14.3. The minimum absolute atomic E-state index is 0.0912. The maximum Gasteiger partial charge on any atom is 0.225 e.